The Morgan fingerprint density at radius 3 is 2.75 bits per heavy atom. The van der Waals surface area contributed by atoms with Gasteiger partial charge in [0.1, 0.15) is 5.75 Å². The van der Waals surface area contributed by atoms with Crippen molar-refractivity contribution in [3.05, 3.63) is 29.8 Å². The van der Waals surface area contributed by atoms with Crippen LogP contribution in [-0.4, -0.2) is 20.8 Å². The van der Waals surface area contributed by atoms with Crippen molar-refractivity contribution >= 4 is 32.4 Å². The second-order valence-electron chi connectivity index (χ2n) is 2.05. The van der Waals surface area contributed by atoms with Crippen molar-refractivity contribution in [1.29, 1.82) is 0 Å². The fraction of sp³-hybridized carbons (Fsp3) is 0. The van der Waals surface area contributed by atoms with Crippen LogP contribution < -0.4 is 4.43 Å². The number of benzene rings is 1. The van der Waals surface area contributed by atoms with E-state index in [1.165, 1.54) is 0 Å². The first kappa shape index (κ1) is 9.16. The van der Waals surface area contributed by atoms with Crippen molar-refractivity contribution in [3.63, 3.8) is 0 Å². The van der Waals surface area contributed by atoms with Crippen LogP contribution in [-0.2, 0) is 0 Å². The molecule has 0 saturated heterocycles. The average Bonchev–Trinajstić information content (AvgIpc) is 2.05. The van der Waals surface area contributed by atoms with Gasteiger partial charge in [-0.2, -0.15) is 0 Å². The van der Waals surface area contributed by atoms with Gasteiger partial charge in [0.05, 0.1) is 5.56 Å². The minimum atomic E-state index is -0.501. The van der Waals surface area contributed by atoms with Gasteiger partial charge < -0.3 is 4.43 Å². The van der Waals surface area contributed by atoms with Crippen LogP contribution in [0.25, 0.3) is 0 Å². The molecule has 0 aliphatic carbocycles. The lowest BCUT2D eigenvalue weighted by Crippen LogP contribution is -1.98. The lowest BCUT2D eigenvalue weighted by molar-refractivity contribution is 0.108. The first-order valence-corrected chi connectivity index (χ1v) is 4.98. The standard InChI is InChI=1S/C8H7ClO2Si/c1-12-11-7-5-3-2-4-6(7)8(9)10/h2-5,12H,1H2. The van der Waals surface area contributed by atoms with Crippen LogP contribution in [0.5, 0.6) is 5.75 Å². The summed E-state index contributed by atoms with van der Waals surface area (Å²) in [5, 5.41) is -0.501. The Kier molecular flexibility index (Phi) is 3.19. The molecule has 0 aromatic heterocycles. The van der Waals surface area contributed by atoms with Gasteiger partial charge in [-0.25, -0.2) is 0 Å². The molecule has 0 heterocycles. The van der Waals surface area contributed by atoms with Crippen molar-refractivity contribution in [2.45, 2.75) is 0 Å². The SMILES string of the molecule is C=[SiH]Oc1ccccc1C(=O)Cl. The van der Waals surface area contributed by atoms with E-state index in [-0.39, 0.29) is 9.38 Å². The van der Waals surface area contributed by atoms with Crippen LogP contribution in [0.1, 0.15) is 10.4 Å². The third-order valence-corrected chi connectivity index (χ3v) is 1.93. The topological polar surface area (TPSA) is 26.3 Å². The van der Waals surface area contributed by atoms with Gasteiger partial charge in [-0.05, 0) is 23.7 Å². The number of carbonyl (C=O) groups excluding carboxylic acids is 1. The highest BCUT2D eigenvalue weighted by Crippen LogP contribution is 2.18. The highest BCUT2D eigenvalue weighted by Gasteiger charge is 2.06. The van der Waals surface area contributed by atoms with E-state index in [1.807, 2.05) is 0 Å². The summed E-state index contributed by atoms with van der Waals surface area (Å²) in [6.45, 7) is 0. The van der Waals surface area contributed by atoms with Crippen molar-refractivity contribution in [2.24, 2.45) is 0 Å². The molecule has 0 bridgehead atoms. The Labute approximate surface area is 77.7 Å². The first-order valence-electron chi connectivity index (χ1n) is 3.32. The Hall–Kier alpha value is -0.933. The van der Waals surface area contributed by atoms with E-state index in [2.05, 4.69) is 6.17 Å². The molecule has 0 fully saturated rings. The minimum absolute atomic E-state index is 0.368. The van der Waals surface area contributed by atoms with Crippen LogP contribution >= 0.6 is 11.6 Å². The molecule has 1 rings (SSSR count). The molecule has 1 aromatic rings. The molecule has 0 radical (unpaired) electrons. The zero-order valence-corrected chi connectivity index (χ0v) is 8.20. The van der Waals surface area contributed by atoms with Crippen LogP contribution in [0.15, 0.2) is 24.3 Å². The molecule has 0 aliphatic rings. The summed E-state index contributed by atoms with van der Waals surface area (Å²) < 4.78 is 5.17. The fourth-order valence-corrected chi connectivity index (χ4v) is 1.36. The van der Waals surface area contributed by atoms with Crippen LogP contribution in [0.4, 0.5) is 0 Å². The summed E-state index contributed by atoms with van der Waals surface area (Å²) in [7, 11) is -0.368. The fourth-order valence-electron chi connectivity index (χ4n) is 0.822. The Balaban J connectivity index is 3.07. The van der Waals surface area contributed by atoms with Gasteiger partial charge in [0.25, 0.3) is 5.24 Å². The second-order valence-corrected chi connectivity index (χ2v) is 2.97. The third kappa shape index (κ3) is 2.03. The number of rotatable bonds is 3. The molecule has 0 atom stereocenters. The van der Waals surface area contributed by atoms with Gasteiger partial charge in [0.2, 0.25) is 9.38 Å². The monoisotopic (exact) mass is 198 g/mol. The summed E-state index contributed by atoms with van der Waals surface area (Å²) >= 11 is 5.31. The highest BCUT2D eigenvalue weighted by molar-refractivity contribution is 6.68. The third-order valence-electron chi connectivity index (χ3n) is 1.31. The number of carbonyl (C=O) groups is 1. The summed E-state index contributed by atoms with van der Waals surface area (Å²) in [6, 6.07) is 6.85. The maximum absolute atomic E-state index is 10.8. The number of hydrogen-bond donors (Lipinski definition) is 0. The highest BCUT2D eigenvalue weighted by atomic mass is 35.5. The molecular formula is C8H7ClO2Si. The maximum Gasteiger partial charge on any atom is 0.256 e. The second kappa shape index (κ2) is 4.18. The van der Waals surface area contributed by atoms with Crippen molar-refractivity contribution in [3.8, 4) is 5.75 Å². The minimum Gasteiger partial charge on any atom is -0.519 e. The van der Waals surface area contributed by atoms with Crippen LogP contribution in [0.3, 0.4) is 0 Å². The molecule has 2 nitrogen and oxygen atoms in total. The molecular weight excluding hydrogens is 192 g/mol. The van der Waals surface area contributed by atoms with E-state index in [9.17, 15) is 4.79 Å². The summed E-state index contributed by atoms with van der Waals surface area (Å²) in [6.07, 6.45) is 3.59. The molecule has 0 aliphatic heterocycles. The van der Waals surface area contributed by atoms with Gasteiger partial charge >= 0.3 is 0 Å². The number of halogens is 1. The van der Waals surface area contributed by atoms with Gasteiger partial charge in [0, 0.05) is 0 Å². The Bertz CT molecular complexity index is 312. The molecule has 4 heteroatoms. The van der Waals surface area contributed by atoms with E-state index in [0.29, 0.717) is 11.3 Å². The van der Waals surface area contributed by atoms with Gasteiger partial charge in [0.15, 0.2) is 0 Å². The largest absolute Gasteiger partial charge is 0.519 e. The molecule has 0 unspecified atom stereocenters. The van der Waals surface area contributed by atoms with Crippen LogP contribution in [0, 0.1) is 0 Å². The predicted molar refractivity (Wildman–Crippen MR) is 51.5 cm³/mol. The molecule has 12 heavy (non-hydrogen) atoms. The van der Waals surface area contributed by atoms with Crippen molar-refractivity contribution in [2.75, 3.05) is 0 Å². The molecule has 0 spiro atoms. The van der Waals surface area contributed by atoms with E-state index in [1.54, 1.807) is 24.3 Å². The summed E-state index contributed by atoms with van der Waals surface area (Å²) in [5.41, 5.74) is 0.398. The normalized spacial score (nSPS) is 9.08. The molecule has 62 valence electrons. The first-order chi connectivity index (χ1) is 5.75. The van der Waals surface area contributed by atoms with Gasteiger partial charge in [-0.15, -0.1) is 0 Å². The Morgan fingerprint density at radius 1 is 1.50 bits per heavy atom. The average molecular weight is 199 g/mol. The number of hydrogen-bond acceptors (Lipinski definition) is 2. The molecule has 0 amide bonds. The van der Waals surface area contributed by atoms with Gasteiger partial charge in [-0.3, -0.25) is 4.79 Å². The zero-order chi connectivity index (χ0) is 8.97. The zero-order valence-electron chi connectivity index (χ0n) is 6.29. The van der Waals surface area contributed by atoms with Crippen LogP contribution in [0.2, 0.25) is 0 Å². The van der Waals surface area contributed by atoms with Crippen molar-refractivity contribution in [1.82, 2.24) is 0 Å². The van der Waals surface area contributed by atoms with Gasteiger partial charge in [-0.1, -0.05) is 18.3 Å². The number of para-hydroxylation sites is 1. The predicted octanol–water partition coefficient (Wildman–Crippen LogP) is 1.23. The summed E-state index contributed by atoms with van der Waals surface area (Å²) in [5.74, 6) is 0.516. The maximum atomic E-state index is 10.8. The van der Waals surface area contributed by atoms with Crippen molar-refractivity contribution < 1.29 is 9.22 Å². The molecule has 1 aromatic carbocycles. The van der Waals surface area contributed by atoms with E-state index < -0.39 is 5.24 Å². The molecule has 0 N–H and O–H groups in total. The molecule has 0 saturated carbocycles. The lowest BCUT2D eigenvalue weighted by Gasteiger charge is -2.03. The van der Waals surface area contributed by atoms with E-state index in [4.69, 9.17) is 16.0 Å². The van der Waals surface area contributed by atoms with E-state index in [0.717, 1.165) is 0 Å². The van der Waals surface area contributed by atoms with E-state index >= 15 is 0 Å². The lowest BCUT2D eigenvalue weighted by atomic mass is 10.2. The Morgan fingerprint density at radius 2 is 2.17 bits per heavy atom. The summed E-state index contributed by atoms with van der Waals surface area (Å²) in [4.78, 5) is 10.8. The smallest absolute Gasteiger partial charge is 0.256 e. The quantitative estimate of drug-likeness (QED) is 0.540.